The average Bonchev–Trinajstić information content (AvgIpc) is 2.38. The van der Waals surface area contributed by atoms with Crippen LogP contribution in [0.3, 0.4) is 0 Å². The molecule has 0 radical (unpaired) electrons. The lowest BCUT2D eigenvalue weighted by Crippen LogP contribution is -2.24. The van der Waals surface area contributed by atoms with E-state index >= 15 is 0 Å². The maximum absolute atomic E-state index is 11.0. The second-order valence-corrected chi connectivity index (χ2v) is 3.61. The lowest BCUT2D eigenvalue weighted by Gasteiger charge is -2.15. The van der Waals surface area contributed by atoms with Gasteiger partial charge in [-0.15, -0.1) is 0 Å². The zero-order valence-corrected chi connectivity index (χ0v) is 9.85. The molecule has 0 fully saturated rings. The van der Waals surface area contributed by atoms with Crippen molar-refractivity contribution in [3.05, 3.63) is 35.9 Å². The fourth-order valence-corrected chi connectivity index (χ4v) is 1.54. The van der Waals surface area contributed by atoms with Crippen molar-refractivity contribution in [2.24, 2.45) is 0 Å². The molecule has 1 aromatic rings. The van der Waals surface area contributed by atoms with Crippen molar-refractivity contribution >= 4 is 5.97 Å². The van der Waals surface area contributed by atoms with Crippen molar-refractivity contribution in [3.63, 3.8) is 0 Å². The van der Waals surface area contributed by atoms with E-state index in [9.17, 15) is 4.79 Å². The minimum absolute atomic E-state index is 0.0362. The van der Waals surface area contributed by atoms with E-state index in [1.165, 1.54) is 7.11 Å². The van der Waals surface area contributed by atoms with E-state index in [4.69, 9.17) is 5.26 Å². The smallest absolute Gasteiger partial charge is 0.306 e. The highest BCUT2D eigenvalue weighted by Crippen LogP contribution is 2.15. The highest BCUT2D eigenvalue weighted by Gasteiger charge is 2.10. The predicted molar refractivity (Wildman–Crippen MR) is 64.0 cm³/mol. The minimum atomic E-state index is -0.249. The van der Waals surface area contributed by atoms with Gasteiger partial charge >= 0.3 is 5.97 Å². The third-order valence-electron chi connectivity index (χ3n) is 2.44. The summed E-state index contributed by atoms with van der Waals surface area (Å²) < 4.78 is 4.55. The number of nitrogens with zero attached hydrogens (tertiary/aromatic N) is 1. The largest absolute Gasteiger partial charge is 0.469 e. The molecule has 1 rings (SSSR count). The fraction of sp³-hybridized carbons (Fsp3) is 0.385. The molecule has 90 valence electrons. The van der Waals surface area contributed by atoms with Gasteiger partial charge in [0.25, 0.3) is 0 Å². The molecule has 1 N–H and O–H groups in total. The number of nitrogens with one attached hydrogen (secondary N) is 1. The zero-order chi connectivity index (χ0) is 12.5. The SMILES string of the molecule is COC(=O)CCNC(CC#N)c1ccccc1. The van der Waals surface area contributed by atoms with Crippen LogP contribution in [0, 0.1) is 11.3 Å². The Morgan fingerprint density at radius 1 is 1.47 bits per heavy atom. The fourth-order valence-electron chi connectivity index (χ4n) is 1.54. The molecule has 4 nitrogen and oxygen atoms in total. The van der Waals surface area contributed by atoms with Crippen LogP contribution in [-0.2, 0) is 9.53 Å². The van der Waals surface area contributed by atoms with Crippen LogP contribution in [0.4, 0.5) is 0 Å². The molecule has 0 amide bonds. The van der Waals surface area contributed by atoms with Crippen molar-refractivity contribution in [3.8, 4) is 6.07 Å². The van der Waals surface area contributed by atoms with E-state index in [1.54, 1.807) is 0 Å². The van der Waals surface area contributed by atoms with Gasteiger partial charge in [0, 0.05) is 12.6 Å². The molecule has 0 spiro atoms. The standard InChI is InChI=1S/C13H16N2O2/c1-17-13(16)8-10-15-12(7-9-14)11-5-3-2-4-6-11/h2-6,12,15H,7-8,10H2,1H3. The molecular weight excluding hydrogens is 216 g/mol. The Hall–Kier alpha value is -1.86. The maximum Gasteiger partial charge on any atom is 0.306 e. The van der Waals surface area contributed by atoms with Crippen LogP contribution in [-0.4, -0.2) is 19.6 Å². The summed E-state index contributed by atoms with van der Waals surface area (Å²) in [6, 6.07) is 11.8. The van der Waals surface area contributed by atoms with Crippen molar-refractivity contribution in [1.82, 2.24) is 5.32 Å². The van der Waals surface area contributed by atoms with Crippen LogP contribution in [0.15, 0.2) is 30.3 Å². The van der Waals surface area contributed by atoms with Crippen molar-refractivity contribution < 1.29 is 9.53 Å². The topological polar surface area (TPSA) is 62.1 Å². The van der Waals surface area contributed by atoms with Crippen molar-refractivity contribution in [2.75, 3.05) is 13.7 Å². The quantitative estimate of drug-likeness (QED) is 0.759. The van der Waals surface area contributed by atoms with Crippen molar-refractivity contribution in [2.45, 2.75) is 18.9 Å². The summed E-state index contributed by atoms with van der Waals surface area (Å²) in [7, 11) is 1.37. The summed E-state index contributed by atoms with van der Waals surface area (Å²) in [6.45, 7) is 0.508. The van der Waals surface area contributed by atoms with E-state index in [1.807, 2.05) is 30.3 Å². The number of ether oxygens (including phenoxy) is 1. The van der Waals surface area contributed by atoms with Gasteiger partial charge in [0.1, 0.15) is 0 Å². The number of benzene rings is 1. The van der Waals surface area contributed by atoms with E-state index in [-0.39, 0.29) is 12.0 Å². The molecule has 0 heterocycles. The molecule has 1 aromatic carbocycles. The van der Waals surface area contributed by atoms with Crippen LogP contribution in [0.1, 0.15) is 24.4 Å². The van der Waals surface area contributed by atoms with Crippen molar-refractivity contribution in [1.29, 1.82) is 5.26 Å². The summed E-state index contributed by atoms with van der Waals surface area (Å²) in [4.78, 5) is 11.0. The molecule has 0 bridgehead atoms. The lowest BCUT2D eigenvalue weighted by molar-refractivity contribution is -0.140. The van der Waals surface area contributed by atoms with Gasteiger partial charge in [-0.1, -0.05) is 30.3 Å². The Kier molecular flexibility index (Phi) is 5.76. The Balaban J connectivity index is 2.50. The summed E-state index contributed by atoms with van der Waals surface area (Å²) in [5.74, 6) is -0.249. The molecule has 0 aliphatic carbocycles. The number of methoxy groups -OCH3 is 1. The third kappa shape index (κ3) is 4.66. The summed E-state index contributed by atoms with van der Waals surface area (Å²) in [5.41, 5.74) is 1.05. The van der Waals surface area contributed by atoms with Gasteiger partial charge < -0.3 is 10.1 Å². The van der Waals surface area contributed by atoms with E-state index in [0.717, 1.165) is 5.56 Å². The highest BCUT2D eigenvalue weighted by atomic mass is 16.5. The molecule has 0 aliphatic rings. The minimum Gasteiger partial charge on any atom is -0.469 e. The number of carbonyl (C=O) groups is 1. The van der Waals surface area contributed by atoms with E-state index in [2.05, 4.69) is 16.1 Å². The molecule has 1 atom stereocenters. The zero-order valence-electron chi connectivity index (χ0n) is 9.85. The second kappa shape index (κ2) is 7.42. The number of rotatable bonds is 6. The van der Waals surface area contributed by atoms with Crippen LogP contribution in [0.5, 0.6) is 0 Å². The maximum atomic E-state index is 11.0. The first-order valence-corrected chi connectivity index (χ1v) is 5.50. The summed E-state index contributed by atoms with van der Waals surface area (Å²) >= 11 is 0. The number of carbonyl (C=O) groups excluding carboxylic acids is 1. The van der Waals surface area contributed by atoms with Crippen LogP contribution >= 0.6 is 0 Å². The number of hydrogen-bond acceptors (Lipinski definition) is 4. The molecular formula is C13H16N2O2. The van der Waals surface area contributed by atoms with Gasteiger partial charge in [0.2, 0.25) is 0 Å². The first-order valence-electron chi connectivity index (χ1n) is 5.50. The molecule has 17 heavy (non-hydrogen) atoms. The normalized spacial score (nSPS) is 11.5. The van der Waals surface area contributed by atoms with Gasteiger partial charge in [0.15, 0.2) is 0 Å². The van der Waals surface area contributed by atoms with Crippen LogP contribution in [0.2, 0.25) is 0 Å². The van der Waals surface area contributed by atoms with Gasteiger partial charge in [-0.25, -0.2) is 0 Å². The number of nitriles is 1. The summed E-state index contributed by atoms with van der Waals surface area (Å²) in [6.07, 6.45) is 0.691. The highest BCUT2D eigenvalue weighted by molar-refractivity contribution is 5.69. The first kappa shape index (κ1) is 13.2. The van der Waals surface area contributed by atoms with Gasteiger partial charge in [0.05, 0.1) is 26.0 Å². The molecule has 0 saturated carbocycles. The van der Waals surface area contributed by atoms with Crippen LogP contribution < -0.4 is 5.32 Å². The third-order valence-corrected chi connectivity index (χ3v) is 2.44. The number of esters is 1. The Bertz CT molecular complexity index is 384. The molecule has 4 heteroatoms. The van der Waals surface area contributed by atoms with Gasteiger partial charge in [-0.3, -0.25) is 4.79 Å². The Morgan fingerprint density at radius 3 is 2.76 bits per heavy atom. The van der Waals surface area contributed by atoms with Gasteiger partial charge in [-0.2, -0.15) is 5.26 Å². The lowest BCUT2D eigenvalue weighted by atomic mass is 10.0. The Labute approximate surface area is 101 Å². The number of hydrogen-bond donors (Lipinski definition) is 1. The van der Waals surface area contributed by atoms with E-state index in [0.29, 0.717) is 19.4 Å². The molecule has 0 aromatic heterocycles. The van der Waals surface area contributed by atoms with Gasteiger partial charge in [-0.05, 0) is 5.56 Å². The predicted octanol–water partition coefficient (Wildman–Crippen LogP) is 1.79. The molecule has 0 aliphatic heterocycles. The van der Waals surface area contributed by atoms with E-state index < -0.39 is 0 Å². The average molecular weight is 232 g/mol. The summed E-state index contributed by atoms with van der Waals surface area (Å²) in [5, 5.41) is 11.9. The monoisotopic (exact) mass is 232 g/mol. The molecule has 0 saturated heterocycles. The second-order valence-electron chi connectivity index (χ2n) is 3.61. The first-order chi connectivity index (χ1) is 8.27. The molecule has 1 unspecified atom stereocenters. The van der Waals surface area contributed by atoms with Crippen LogP contribution in [0.25, 0.3) is 0 Å². The Morgan fingerprint density at radius 2 is 2.18 bits per heavy atom.